The fourth-order valence-electron chi connectivity index (χ4n) is 3.48. The molecule has 174 valence electrons. The molecule has 2 atom stereocenters. The van der Waals surface area contributed by atoms with Gasteiger partial charge >= 0.3 is 184 Å². The van der Waals surface area contributed by atoms with Gasteiger partial charge in [0.05, 0.1) is 0 Å². The first-order valence-corrected chi connectivity index (χ1v) is 11.9. The topological polar surface area (TPSA) is 132 Å². The van der Waals surface area contributed by atoms with Crippen molar-refractivity contribution in [1.29, 1.82) is 0 Å². The predicted octanol–water partition coefficient (Wildman–Crippen LogP) is 5.57. The molecule has 32 heavy (non-hydrogen) atoms. The van der Waals surface area contributed by atoms with Crippen LogP contribution in [0.2, 0.25) is 0 Å². The molecule has 12 heteroatoms. The Balaban J connectivity index is 2.10. The van der Waals surface area contributed by atoms with Gasteiger partial charge in [-0.15, -0.1) is 0 Å². The fourth-order valence-corrected chi connectivity index (χ4v) is 6.59. The van der Waals surface area contributed by atoms with E-state index < -0.39 is 29.8 Å². The summed E-state index contributed by atoms with van der Waals surface area (Å²) < 4.78 is 30.4. The summed E-state index contributed by atoms with van der Waals surface area (Å²) in [5.74, 6) is 0. The average molecular weight is 468 g/mol. The second kappa shape index (κ2) is 9.53. The van der Waals surface area contributed by atoms with Crippen LogP contribution in [0.4, 0.5) is 11.4 Å². The zero-order valence-corrected chi connectivity index (χ0v) is 18.8. The first-order chi connectivity index (χ1) is 15.3. The number of nitrogens with zero attached hydrogens (tertiary/aromatic N) is 2. The Morgan fingerprint density at radius 1 is 0.719 bits per heavy atom. The van der Waals surface area contributed by atoms with Gasteiger partial charge in [-0.3, -0.25) is 0 Å². The van der Waals surface area contributed by atoms with E-state index in [1.807, 2.05) is 0 Å². The van der Waals surface area contributed by atoms with Crippen LogP contribution in [0, 0.1) is 20.2 Å². The summed E-state index contributed by atoms with van der Waals surface area (Å²) in [6.45, 7) is 5.78. The second-order valence-electron chi connectivity index (χ2n) is 6.75. The van der Waals surface area contributed by atoms with Gasteiger partial charge in [-0.2, -0.15) is 0 Å². The van der Waals surface area contributed by atoms with Gasteiger partial charge in [-0.25, -0.2) is 0 Å². The molecule has 0 aliphatic carbocycles. The van der Waals surface area contributed by atoms with E-state index in [-0.39, 0.29) is 31.2 Å². The molecule has 2 aromatic rings. The minimum absolute atomic E-state index is 0.0727. The van der Waals surface area contributed by atoms with E-state index in [9.17, 15) is 20.2 Å². The summed E-state index contributed by atoms with van der Waals surface area (Å²) in [5.41, 5.74) is 1.00. The van der Waals surface area contributed by atoms with Crippen LogP contribution in [0.1, 0.15) is 44.1 Å². The number of nitro benzene ring substituents is 2. The quantitative estimate of drug-likeness (QED) is 0.249. The van der Waals surface area contributed by atoms with E-state index in [0.29, 0.717) is 11.1 Å². The van der Waals surface area contributed by atoms with Crippen molar-refractivity contribution in [2.45, 2.75) is 33.0 Å². The van der Waals surface area contributed by atoms with Crippen LogP contribution < -0.4 is 0 Å². The Hall–Kier alpha value is -2.53. The van der Waals surface area contributed by atoms with Gasteiger partial charge in [0.2, 0.25) is 0 Å². The van der Waals surface area contributed by atoms with Crippen LogP contribution in [-0.4, -0.2) is 29.7 Å². The molecule has 0 aromatic heterocycles. The van der Waals surface area contributed by atoms with Crippen molar-refractivity contribution >= 4 is 19.1 Å². The number of non-ortho nitro benzene ring substituents is 2. The van der Waals surface area contributed by atoms with E-state index >= 15 is 0 Å². The van der Waals surface area contributed by atoms with Crippen LogP contribution in [0.5, 0.6) is 0 Å². The first kappa shape index (κ1) is 24.1. The van der Waals surface area contributed by atoms with Gasteiger partial charge < -0.3 is 0 Å². The number of benzene rings is 2. The Morgan fingerprint density at radius 2 is 1.03 bits per heavy atom. The maximum absolute atomic E-state index is 11.1. The normalized spacial score (nSPS) is 22.7. The second-order valence-corrected chi connectivity index (χ2v) is 9.43. The summed E-state index contributed by atoms with van der Waals surface area (Å²) in [4.78, 5) is 21.1. The van der Waals surface area contributed by atoms with Gasteiger partial charge in [0.25, 0.3) is 0 Å². The van der Waals surface area contributed by atoms with Crippen molar-refractivity contribution in [3.8, 4) is 0 Å². The number of hydrogen-bond donors (Lipinski definition) is 0. The maximum atomic E-state index is 11.1. The molecule has 0 bridgehead atoms. The van der Waals surface area contributed by atoms with E-state index in [0.717, 1.165) is 0 Å². The van der Waals surface area contributed by atoms with Crippen molar-refractivity contribution in [3.05, 3.63) is 79.9 Å². The van der Waals surface area contributed by atoms with E-state index in [4.69, 9.17) is 22.6 Å². The summed E-state index contributed by atoms with van der Waals surface area (Å²) in [6, 6.07) is 11.7. The standard InChI is InChI=1S/C20H25N2O9P/c1-4-27-32(28-5-2,29-6-3)30-19(15-7-11-17(12-8-15)21(23)24)20(31-32)16-9-13-18(14-10-16)22(25)26/h7-14,19-20H,4-6H2,1-3H3. The zero-order chi connectivity index (χ0) is 23.4. The summed E-state index contributed by atoms with van der Waals surface area (Å²) in [7, 11) is -4.51. The van der Waals surface area contributed by atoms with Crippen molar-refractivity contribution in [2.75, 3.05) is 19.8 Å². The number of hydrogen-bond acceptors (Lipinski definition) is 9. The van der Waals surface area contributed by atoms with Gasteiger partial charge in [0.15, 0.2) is 0 Å². The van der Waals surface area contributed by atoms with Crippen LogP contribution >= 0.6 is 7.74 Å². The molecule has 0 saturated carbocycles. The Bertz CT molecular complexity index is 879. The molecule has 0 amide bonds. The molecule has 2 unspecified atom stereocenters. The van der Waals surface area contributed by atoms with E-state index in [2.05, 4.69) is 0 Å². The molecule has 1 saturated heterocycles. The Labute approximate surface area is 184 Å². The zero-order valence-electron chi connectivity index (χ0n) is 17.9. The third-order valence-electron chi connectivity index (χ3n) is 4.73. The molecular weight excluding hydrogens is 443 g/mol. The molecule has 2 aromatic carbocycles. The monoisotopic (exact) mass is 468 g/mol. The van der Waals surface area contributed by atoms with Crippen LogP contribution in [0.3, 0.4) is 0 Å². The third-order valence-corrected chi connectivity index (χ3v) is 7.91. The number of nitro groups is 2. The van der Waals surface area contributed by atoms with Crippen molar-refractivity contribution in [2.24, 2.45) is 0 Å². The molecule has 1 aliphatic heterocycles. The van der Waals surface area contributed by atoms with Crippen molar-refractivity contribution in [1.82, 2.24) is 0 Å². The third kappa shape index (κ3) is 4.63. The molecule has 11 nitrogen and oxygen atoms in total. The molecule has 0 radical (unpaired) electrons. The molecule has 3 rings (SSSR count). The molecule has 0 N–H and O–H groups in total. The van der Waals surface area contributed by atoms with E-state index in [1.54, 1.807) is 45.0 Å². The Kier molecular flexibility index (Phi) is 7.19. The fraction of sp³-hybridized carbons (Fsp3) is 0.400. The summed E-state index contributed by atoms with van der Waals surface area (Å²) in [5, 5.41) is 22.1. The predicted molar refractivity (Wildman–Crippen MR) is 116 cm³/mol. The first-order valence-electron chi connectivity index (χ1n) is 10.1. The van der Waals surface area contributed by atoms with Crippen LogP contribution in [0.15, 0.2) is 48.5 Å². The Morgan fingerprint density at radius 3 is 1.28 bits per heavy atom. The summed E-state index contributed by atoms with van der Waals surface area (Å²) >= 11 is 0. The van der Waals surface area contributed by atoms with Crippen LogP contribution in [-0.2, 0) is 22.6 Å². The van der Waals surface area contributed by atoms with Crippen molar-refractivity contribution in [3.63, 3.8) is 0 Å². The SMILES string of the molecule is CCOP1(OCC)(OCC)OC(c2ccc([N+](=O)[O-])cc2)C(c2ccc([N+](=O)[O-])cc2)O1. The van der Waals surface area contributed by atoms with Gasteiger partial charge in [-0.1, -0.05) is 0 Å². The molecule has 1 fully saturated rings. The molecule has 1 aliphatic rings. The van der Waals surface area contributed by atoms with Crippen LogP contribution in [0.25, 0.3) is 0 Å². The molecule has 1 heterocycles. The van der Waals surface area contributed by atoms with E-state index in [1.165, 1.54) is 24.3 Å². The summed E-state index contributed by atoms with van der Waals surface area (Å²) in [6.07, 6.45) is -1.61. The average Bonchev–Trinajstić information content (AvgIpc) is 3.10. The van der Waals surface area contributed by atoms with Crippen molar-refractivity contribution < 1.29 is 32.5 Å². The molecule has 0 spiro atoms. The van der Waals surface area contributed by atoms with Gasteiger partial charge in [0, 0.05) is 0 Å². The van der Waals surface area contributed by atoms with Gasteiger partial charge in [0.1, 0.15) is 0 Å². The molecular formula is C20H25N2O9P. The minimum atomic E-state index is -4.51. The number of rotatable bonds is 10. The van der Waals surface area contributed by atoms with Gasteiger partial charge in [-0.05, 0) is 0 Å².